The molecule has 4 nitrogen and oxygen atoms in total. The highest BCUT2D eigenvalue weighted by atomic mass is 16.6. The van der Waals surface area contributed by atoms with E-state index in [1.165, 1.54) is 6.42 Å². The Morgan fingerprint density at radius 2 is 1.40 bits per heavy atom. The van der Waals surface area contributed by atoms with Gasteiger partial charge in [-0.25, -0.2) is 0 Å². The number of aliphatic carboxylic acids is 1. The molecule has 4 bridgehead atoms. The Balaban J connectivity index is 1.69. The van der Waals surface area contributed by atoms with Crippen LogP contribution < -0.4 is 0 Å². The molecule has 5 rings (SSSR count). The summed E-state index contributed by atoms with van der Waals surface area (Å²) in [4.78, 5) is 25.2. The molecule has 0 aromatic rings. The lowest BCUT2D eigenvalue weighted by molar-refractivity contribution is -0.251. The van der Waals surface area contributed by atoms with Crippen LogP contribution in [0.5, 0.6) is 0 Å². The topological polar surface area (TPSA) is 63.6 Å². The molecule has 0 atom stereocenters. The maximum atomic E-state index is 13.2. The molecule has 0 heterocycles. The van der Waals surface area contributed by atoms with Crippen molar-refractivity contribution in [1.82, 2.24) is 0 Å². The van der Waals surface area contributed by atoms with Crippen molar-refractivity contribution in [3.63, 3.8) is 0 Å². The summed E-state index contributed by atoms with van der Waals surface area (Å²) in [5.74, 6) is 0.954. The number of carboxylic acids is 1. The normalized spacial score (nSPS) is 41.7. The third kappa shape index (κ3) is 2.31. The summed E-state index contributed by atoms with van der Waals surface area (Å²) < 4.78 is 6.41. The fraction of sp³-hybridized carbons (Fsp3) is 0.905. The molecule has 0 aromatic carbocycles. The van der Waals surface area contributed by atoms with E-state index in [9.17, 15) is 14.7 Å². The van der Waals surface area contributed by atoms with E-state index < -0.39 is 23.0 Å². The number of carbonyl (C=O) groups is 2. The van der Waals surface area contributed by atoms with E-state index in [4.69, 9.17) is 4.74 Å². The number of ether oxygens (including phenoxy) is 1. The van der Waals surface area contributed by atoms with Gasteiger partial charge in [-0.1, -0.05) is 33.6 Å². The second-order valence-electron chi connectivity index (χ2n) is 10.3. The van der Waals surface area contributed by atoms with Gasteiger partial charge in [0.25, 0.3) is 0 Å². The SMILES string of the molecule is CC(C)(C)C1(OC(=O)C2(C(=O)O)CCCC2)C2CC3CC(C2)CC1C3. The quantitative estimate of drug-likeness (QED) is 0.606. The second kappa shape index (κ2) is 5.47. The van der Waals surface area contributed by atoms with Crippen molar-refractivity contribution >= 4 is 11.9 Å². The minimum Gasteiger partial charge on any atom is -0.480 e. The monoisotopic (exact) mass is 348 g/mol. The Morgan fingerprint density at radius 1 is 0.920 bits per heavy atom. The molecule has 0 amide bonds. The highest BCUT2D eigenvalue weighted by Gasteiger charge is 2.65. The van der Waals surface area contributed by atoms with Crippen molar-refractivity contribution in [3.8, 4) is 0 Å². The first-order valence-electron chi connectivity index (χ1n) is 10.2. The van der Waals surface area contributed by atoms with Crippen LogP contribution in [0, 0.1) is 34.5 Å². The third-order valence-electron chi connectivity index (χ3n) is 8.04. The summed E-state index contributed by atoms with van der Waals surface area (Å²) in [5, 5.41) is 9.80. The molecule has 0 unspecified atom stereocenters. The fourth-order valence-electron chi connectivity index (χ4n) is 7.16. The van der Waals surface area contributed by atoms with Gasteiger partial charge in [-0.05, 0) is 56.8 Å². The number of hydrogen-bond acceptors (Lipinski definition) is 3. The zero-order valence-electron chi connectivity index (χ0n) is 15.8. The summed E-state index contributed by atoms with van der Waals surface area (Å²) in [6.45, 7) is 6.56. The largest absolute Gasteiger partial charge is 0.480 e. The molecule has 0 aromatic heterocycles. The number of esters is 1. The Kier molecular flexibility index (Phi) is 3.80. The van der Waals surface area contributed by atoms with Crippen LogP contribution in [0.15, 0.2) is 0 Å². The molecule has 5 aliphatic carbocycles. The Hall–Kier alpha value is -1.06. The minimum atomic E-state index is -1.30. The average Bonchev–Trinajstić information content (AvgIpc) is 3.00. The van der Waals surface area contributed by atoms with E-state index in [-0.39, 0.29) is 5.41 Å². The first kappa shape index (κ1) is 17.4. The van der Waals surface area contributed by atoms with Gasteiger partial charge in [0.1, 0.15) is 5.60 Å². The van der Waals surface area contributed by atoms with Crippen molar-refractivity contribution in [1.29, 1.82) is 0 Å². The Bertz CT molecular complexity index is 551. The molecule has 5 fully saturated rings. The lowest BCUT2D eigenvalue weighted by Gasteiger charge is -2.64. The molecule has 5 aliphatic rings. The van der Waals surface area contributed by atoms with Gasteiger partial charge in [0, 0.05) is 17.3 Å². The van der Waals surface area contributed by atoms with E-state index in [0.29, 0.717) is 24.7 Å². The van der Waals surface area contributed by atoms with Crippen LogP contribution in [0.1, 0.15) is 78.6 Å². The highest BCUT2D eigenvalue weighted by molar-refractivity contribution is 5.99. The molecule has 4 heteroatoms. The smallest absolute Gasteiger partial charge is 0.324 e. The fourth-order valence-corrected chi connectivity index (χ4v) is 7.16. The van der Waals surface area contributed by atoms with Crippen LogP contribution in [0.25, 0.3) is 0 Å². The highest BCUT2D eigenvalue weighted by Crippen LogP contribution is 2.65. The van der Waals surface area contributed by atoms with Gasteiger partial charge in [-0.3, -0.25) is 9.59 Å². The van der Waals surface area contributed by atoms with Crippen LogP contribution in [-0.4, -0.2) is 22.6 Å². The number of carbonyl (C=O) groups excluding carboxylic acids is 1. The number of carboxylic acid groups (broad SMARTS) is 1. The van der Waals surface area contributed by atoms with Gasteiger partial charge in [0.2, 0.25) is 0 Å². The maximum absolute atomic E-state index is 13.2. The van der Waals surface area contributed by atoms with Crippen molar-refractivity contribution in [2.75, 3.05) is 0 Å². The zero-order chi connectivity index (χ0) is 18.0. The van der Waals surface area contributed by atoms with Crippen LogP contribution in [-0.2, 0) is 14.3 Å². The molecular formula is C21H32O4. The van der Waals surface area contributed by atoms with E-state index in [1.54, 1.807) is 0 Å². The van der Waals surface area contributed by atoms with Gasteiger partial charge >= 0.3 is 11.9 Å². The summed E-state index contributed by atoms with van der Waals surface area (Å²) in [5.41, 5.74) is -1.95. The predicted octanol–water partition coefficient (Wildman–Crippen LogP) is 4.42. The maximum Gasteiger partial charge on any atom is 0.324 e. The molecule has 140 valence electrons. The summed E-state index contributed by atoms with van der Waals surface area (Å²) >= 11 is 0. The minimum absolute atomic E-state index is 0.163. The van der Waals surface area contributed by atoms with Crippen molar-refractivity contribution in [2.24, 2.45) is 34.5 Å². The zero-order valence-corrected chi connectivity index (χ0v) is 15.8. The standard InChI is InChI=1S/C21H32O4/c1-19(2,3)21(15-9-13-8-14(11-15)12-16(21)10-13)25-18(24)20(17(22)23)6-4-5-7-20/h13-16H,4-12H2,1-3H3,(H,22,23). The summed E-state index contributed by atoms with van der Waals surface area (Å²) in [6, 6.07) is 0. The number of hydrogen-bond donors (Lipinski definition) is 1. The lowest BCUT2D eigenvalue weighted by atomic mass is 9.45. The molecule has 0 aliphatic heterocycles. The predicted molar refractivity (Wildman–Crippen MR) is 93.9 cm³/mol. The molecular weight excluding hydrogens is 316 g/mol. The van der Waals surface area contributed by atoms with E-state index >= 15 is 0 Å². The number of rotatable bonds is 3. The average molecular weight is 348 g/mol. The molecule has 0 saturated heterocycles. The van der Waals surface area contributed by atoms with Gasteiger partial charge in [0.15, 0.2) is 5.41 Å². The summed E-state index contributed by atoms with van der Waals surface area (Å²) in [6.07, 6.45) is 8.43. The second-order valence-corrected chi connectivity index (χ2v) is 10.3. The van der Waals surface area contributed by atoms with Gasteiger partial charge < -0.3 is 9.84 Å². The van der Waals surface area contributed by atoms with Crippen molar-refractivity contribution in [3.05, 3.63) is 0 Å². The Labute approximate surface area is 150 Å². The van der Waals surface area contributed by atoms with Crippen molar-refractivity contribution < 1.29 is 19.4 Å². The molecule has 1 N–H and O–H groups in total. The van der Waals surface area contributed by atoms with E-state index in [0.717, 1.165) is 50.4 Å². The van der Waals surface area contributed by atoms with E-state index in [1.807, 2.05) is 0 Å². The molecule has 5 saturated carbocycles. The van der Waals surface area contributed by atoms with Crippen LogP contribution in [0.2, 0.25) is 0 Å². The summed E-state index contributed by atoms with van der Waals surface area (Å²) in [7, 11) is 0. The van der Waals surface area contributed by atoms with Crippen LogP contribution in [0.3, 0.4) is 0 Å². The molecule has 0 spiro atoms. The molecule has 25 heavy (non-hydrogen) atoms. The lowest BCUT2D eigenvalue weighted by Crippen LogP contribution is -2.66. The van der Waals surface area contributed by atoms with Gasteiger partial charge in [-0.2, -0.15) is 0 Å². The molecule has 0 radical (unpaired) electrons. The first-order chi connectivity index (χ1) is 11.7. The van der Waals surface area contributed by atoms with Gasteiger partial charge in [0.05, 0.1) is 0 Å². The van der Waals surface area contributed by atoms with Crippen LogP contribution in [0.4, 0.5) is 0 Å². The first-order valence-corrected chi connectivity index (χ1v) is 10.2. The van der Waals surface area contributed by atoms with E-state index in [2.05, 4.69) is 20.8 Å². The van der Waals surface area contributed by atoms with Crippen molar-refractivity contribution in [2.45, 2.75) is 84.2 Å². The van der Waals surface area contributed by atoms with Crippen LogP contribution >= 0.6 is 0 Å². The van der Waals surface area contributed by atoms with Gasteiger partial charge in [-0.15, -0.1) is 0 Å². The third-order valence-corrected chi connectivity index (χ3v) is 8.04. The Morgan fingerprint density at radius 3 is 1.80 bits per heavy atom.